The molecule has 45 heavy (non-hydrogen) atoms. The topological polar surface area (TPSA) is 144 Å². The van der Waals surface area contributed by atoms with Gasteiger partial charge in [0.2, 0.25) is 11.8 Å². The van der Waals surface area contributed by atoms with E-state index in [0.717, 1.165) is 16.7 Å². The highest BCUT2D eigenvalue weighted by Crippen LogP contribution is 2.47. The molecule has 2 aliphatic heterocycles. The van der Waals surface area contributed by atoms with E-state index >= 15 is 0 Å². The third-order valence-electron chi connectivity index (χ3n) is 8.53. The summed E-state index contributed by atoms with van der Waals surface area (Å²) in [6.45, 7) is 4.04. The maximum absolute atomic E-state index is 13.4. The van der Waals surface area contributed by atoms with Gasteiger partial charge < -0.3 is 24.8 Å². The number of amides is 3. The first-order valence-corrected chi connectivity index (χ1v) is 16.4. The average Bonchev–Trinajstić information content (AvgIpc) is 3.57. The van der Waals surface area contributed by atoms with Gasteiger partial charge in [0.1, 0.15) is 5.75 Å². The second kappa shape index (κ2) is 11.3. The first-order valence-electron chi connectivity index (χ1n) is 14.5. The molecule has 2 N–H and O–H groups in total. The predicted octanol–water partition coefficient (Wildman–Crippen LogP) is 4.01. The molecule has 3 aromatic rings. The van der Waals surface area contributed by atoms with E-state index in [1.807, 2.05) is 0 Å². The van der Waals surface area contributed by atoms with Crippen LogP contribution in [0.15, 0.2) is 40.9 Å². The Balaban J connectivity index is 1.24. The number of fused-ring (bicyclic) bond motifs is 1. The number of hydrogen-bond acceptors (Lipinski definition) is 8. The summed E-state index contributed by atoms with van der Waals surface area (Å²) < 4.78 is 72.3. The maximum atomic E-state index is 13.4. The second-order valence-electron chi connectivity index (χ2n) is 12.2. The van der Waals surface area contributed by atoms with Gasteiger partial charge in [0.15, 0.2) is 15.7 Å². The van der Waals surface area contributed by atoms with Crippen molar-refractivity contribution >= 4 is 21.8 Å². The summed E-state index contributed by atoms with van der Waals surface area (Å²) in [5.41, 5.74) is 2.68. The molecule has 240 valence electrons. The summed E-state index contributed by atoms with van der Waals surface area (Å²) >= 11 is 0. The molecule has 11 nitrogen and oxygen atoms in total. The average molecular weight is 648 g/mol. The lowest BCUT2D eigenvalue weighted by atomic mass is 9.87. The molecule has 3 heterocycles. The Hall–Kier alpha value is -4.14. The fraction of sp³-hybridized carbons (Fsp3) is 0.467. The number of alkyl halides is 3. The molecular weight excluding hydrogens is 615 g/mol. The fourth-order valence-electron chi connectivity index (χ4n) is 6.19. The molecule has 0 spiro atoms. The van der Waals surface area contributed by atoms with E-state index in [4.69, 9.17) is 4.52 Å². The number of nitrogens with one attached hydrogen (secondary N) is 2. The summed E-state index contributed by atoms with van der Waals surface area (Å²) in [6, 6.07) is 8.90. The second-order valence-corrected chi connectivity index (χ2v) is 14.3. The number of carbonyl (C=O) groups is 2. The number of benzene rings is 2. The van der Waals surface area contributed by atoms with Crippen LogP contribution < -0.4 is 15.4 Å². The van der Waals surface area contributed by atoms with E-state index in [1.54, 1.807) is 36.9 Å². The van der Waals surface area contributed by atoms with Gasteiger partial charge in [0.25, 0.3) is 0 Å². The maximum Gasteiger partial charge on any atom is 0.573 e. The lowest BCUT2D eigenvalue weighted by Gasteiger charge is -2.35. The summed E-state index contributed by atoms with van der Waals surface area (Å²) in [5, 5.41) is 9.65. The largest absolute Gasteiger partial charge is 0.573 e. The number of carbonyl (C=O) groups excluding carboxylic acids is 2. The Kier molecular flexibility index (Phi) is 7.78. The van der Waals surface area contributed by atoms with Crippen LogP contribution in [0.1, 0.15) is 54.1 Å². The smallest absolute Gasteiger partial charge is 0.406 e. The zero-order chi connectivity index (χ0) is 32.1. The van der Waals surface area contributed by atoms with Crippen LogP contribution in [0, 0.1) is 12.8 Å². The highest BCUT2D eigenvalue weighted by Gasteiger charge is 2.47. The van der Waals surface area contributed by atoms with Crippen LogP contribution in [0.25, 0.3) is 11.1 Å². The van der Waals surface area contributed by atoms with E-state index < -0.39 is 27.8 Å². The zero-order valence-corrected chi connectivity index (χ0v) is 25.4. The SMILES string of the molecule is Cc1noc([C@@H]2C[C@@H]2C(=O)NCc2ccc(-c3cccc(OC(F)(F)F)c3)c3c2CN(C(=O)NC2(C)CCS(=O)(=O)C2)CC3)n1. The van der Waals surface area contributed by atoms with Crippen LogP contribution in [-0.2, 0) is 34.1 Å². The molecule has 2 fully saturated rings. The molecule has 6 rings (SSSR count). The van der Waals surface area contributed by atoms with Gasteiger partial charge in [0, 0.05) is 19.6 Å². The molecular formula is C30H32F3N5O6S. The van der Waals surface area contributed by atoms with E-state index in [9.17, 15) is 31.2 Å². The molecule has 0 radical (unpaired) electrons. The molecule has 1 saturated heterocycles. The summed E-state index contributed by atoms with van der Waals surface area (Å²) in [6.07, 6.45) is -3.55. The van der Waals surface area contributed by atoms with Crippen molar-refractivity contribution in [3.63, 3.8) is 0 Å². The molecule has 1 unspecified atom stereocenters. The van der Waals surface area contributed by atoms with Crippen molar-refractivity contribution in [2.75, 3.05) is 18.1 Å². The molecule has 1 saturated carbocycles. The van der Waals surface area contributed by atoms with Crippen LogP contribution in [0.2, 0.25) is 0 Å². The minimum atomic E-state index is -4.84. The number of aromatic nitrogens is 2. The van der Waals surface area contributed by atoms with Gasteiger partial charge in [-0.25, -0.2) is 13.2 Å². The lowest BCUT2D eigenvalue weighted by Crippen LogP contribution is -2.53. The standard InChI is InChI=1S/C30H32F3N5O6S/c1-17-35-27(44-37-17)24-13-23(24)26(39)34-14-19-6-7-21(18-4-3-5-20(12-18)43-30(31,32)33)22-8-10-38(15-25(19)22)28(40)36-29(2)9-11-45(41,42)16-29/h3-7,12,23-24H,8-11,13-16H2,1-2H3,(H,34,39)(H,36,40)/t23-,24+,29?/m0/s1. The molecule has 15 heteroatoms. The Morgan fingerprint density at radius 2 is 2.00 bits per heavy atom. The predicted molar refractivity (Wildman–Crippen MR) is 155 cm³/mol. The zero-order valence-electron chi connectivity index (χ0n) is 24.6. The van der Waals surface area contributed by atoms with Gasteiger partial charge in [0.05, 0.1) is 28.9 Å². The molecule has 3 aliphatic rings. The van der Waals surface area contributed by atoms with Crippen molar-refractivity contribution in [2.45, 2.75) is 64.0 Å². The number of ether oxygens (including phenoxy) is 1. The van der Waals surface area contributed by atoms with Crippen molar-refractivity contribution in [1.82, 2.24) is 25.7 Å². The summed E-state index contributed by atoms with van der Waals surface area (Å²) in [4.78, 5) is 32.2. The van der Waals surface area contributed by atoms with Crippen molar-refractivity contribution < 1.29 is 40.4 Å². The number of aryl methyl sites for hydroxylation is 1. The van der Waals surface area contributed by atoms with Crippen LogP contribution in [0.3, 0.4) is 0 Å². The monoisotopic (exact) mass is 647 g/mol. The Morgan fingerprint density at radius 1 is 1.20 bits per heavy atom. The highest BCUT2D eigenvalue weighted by atomic mass is 32.2. The van der Waals surface area contributed by atoms with Crippen molar-refractivity contribution in [3.05, 3.63) is 64.8 Å². The number of sulfone groups is 1. The Labute approximate surface area is 257 Å². The third kappa shape index (κ3) is 6.92. The van der Waals surface area contributed by atoms with Crippen LogP contribution in [-0.4, -0.2) is 65.3 Å². The summed E-state index contributed by atoms with van der Waals surface area (Å²) in [7, 11) is -3.24. The van der Waals surface area contributed by atoms with Gasteiger partial charge in [-0.1, -0.05) is 29.4 Å². The number of nitrogens with zero attached hydrogens (tertiary/aromatic N) is 3. The molecule has 3 amide bonds. The number of rotatable bonds is 7. The highest BCUT2D eigenvalue weighted by molar-refractivity contribution is 7.91. The van der Waals surface area contributed by atoms with Crippen molar-refractivity contribution in [3.8, 4) is 16.9 Å². The molecule has 0 bridgehead atoms. The van der Waals surface area contributed by atoms with E-state index in [2.05, 4.69) is 25.5 Å². The van der Waals surface area contributed by atoms with Gasteiger partial charge in [-0.05, 0) is 73.1 Å². The lowest BCUT2D eigenvalue weighted by molar-refractivity contribution is -0.274. The minimum Gasteiger partial charge on any atom is -0.406 e. The number of halogens is 3. The van der Waals surface area contributed by atoms with Crippen LogP contribution in [0.4, 0.5) is 18.0 Å². The molecule has 3 atom stereocenters. The summed E-state index contributed by atoms with van der Waals surface area (Å²) in [5.74, 6) is -0.185. The first-order chi connectivity index (χ1) is 21.2. The minimum absolute atomic E-state index is 0.00485. The van der Waals surface area contributed by atoms with Gasteiger partial charge >= 0.3 is 12.4 Å². The van der Waals surface area contributed by atoms with Crippen molar-refractivity contribution in [2.24, 2.45) is 5.92 Å². The fourth-order valence-corrected chi connectivity index (χ4v) is 8.29. The molecule has 1 aromatic heterocycles. The van der Waals surface area contributed by atoms with E-state index in [-0.39, 0.29) is 48.1 Å². The first kappa shape index (κ1) is 30.9. The van der Waals surface area contributed by atoms with Crippen LogP contribution >= 0.6 is 0 Å². The number of hydrogen-bond donors (Lipinski definition) is 2. The third-order valence-corrected chi connectivity index (χ3v) is 10.4. The Bertz CT molecular complexity index is 1760. The Morgan fingerprint density at radius 3 is 2.69 bits per heavy atom. The van der Waals surface area contributed by atoms with Crippen LogP contribution in [0.5, 0.6) is 5.75 Å². The normalized spacial score (nSPS) is 23.7. The van der Waals surface area contributed by atoms with E-state index in [1.165, 1.54) is 18.2 Å². The quantitative estimate of drug-likeness (QED) is 0.392. The van der Waals surface area contributed by atoms with Gasteiger partial charge in [-0.2, -0.15) is 4.98 Å². The molecule has 1 aliphatic carbocycles. The van der Waals surface area contributed by atoms with Gasteiger partial charge in [-0.3, -0.25) is 4.79 Å². The number of urea groups is 1. The van der Waals surface area contributed by atoms with E-state index in [0.29, 0.717) is 48.6 Å². The molecule has 2 aromatic carbocycles. The van der Waals surface area contributed by atoms with Crippen molar-refractivity contribution in [1.29, 1.82) is 0 Å². The van der Waals surface area contributed by atoms with Gasteiger partial charge in [-0.15, -0.1) is 13.2 Å².